The van der Waals surface area contributed by atoms with E-state index < -0.39 is 0 Å². The van der Waals surface area contributed by atoms with Crippen LogP contribution in [0.5, 0.6) is 0 Å². The molecule has 0 radical (unpaired) electrons. The molecular weight excluding hydrogens is 170 g/mol. The highest BCUT2D eigenvalue weighted by Gasteiger charge is 2.28. The SMILES string of the molecule is CC(C)(C)[C@@H]1CCc2ccncc2C1. The lowest BCUT2D eigenvalue weighted by atomic mass is 9.71. The van der Waals surface area contributed by atoms with Gasteiger partial charge in [0.25, 0.3) is 0 Å². The molecule has 1 heteroatoms. The van der Waals surface area contributed by atoms with E-state index in [1.807, 2.05) is 12.4 Å². The van der Waals surface area contributed by atoms with E-state index in [4.69, 9.17) is 0 Å². The summed E-state index contributed by atoms with van der Waals surface area (Å²) in [4.78, 5) is 4.21. The maximum atomic E-state index is 4.21. The fourth-order valence-electron chi connectivity index (χ4n) is 2.32. The quantitative estimate of drug-likeness (QED) is 0.610. The van der Waals surface area contributed by atoms with Crippen LogP contribution >= 0.6 is 0 Å². The number of nitrogens with zero attached hydrogens (tertiary/aromatic N) is 1. The molecule has 0 aromatic carbocycles. The van der Waals surface area contributed by atoms with Gasteiger partial charge in [0, 0.05) is 12.4 Å². The number of hydrogen-bond acceptors (Lipinski definition) is 1. The summed E-state index contributed by atoms with van der Waals surface area (Å²) < 4.78 is 0. The second-order valence-corrected chi connectivity index (χ2v) is 5.45. The highest BCUT2D eigenvalue weighted by molar-refractivity contribution is 5.26. The van der Waals surface area contributed by atoms with Gasteiger partial charge in [0.15, 0.2) is 0 Å². The summed E-state index contributed by atoms with van der Waals surface area (Å²) in [5.74, 6) is 0.819. The number of pyridine rings is 1. The molecular formula is C13H19N. The Morgan fingerprint density at radius 2 is 2.07 bits per heavy atom. The Hall–Kier alpha value is -0.850. The van der Waals surface area contributed by atoms with E-state index in [9.17, 15) is 0 Å². The van der Waals surface area contributed by atoms with Crippen LogP contribution in [0.3, 0.4) is 0 Å². The van der Waals surface area contributed by atoms with Crippen LogP contribution in [0.4, 0.5) is 0 Å². The standard InChI is InChI=1S/C13H19N/c1-13(2,3)12-5-4-10-6-7-14-9-11(10)8-12/h6-7,9,12H,4-5,8H2,1-3H3/t12-/m1/s1. The van der Waals surface area contributed by atoms with Crippen molar-refractivity contribution in [3.05, 3.63) is 29.6 Å². The molecule has 0 aliphatic heterocycles. The monoisotopic (exact) mass is 189 g/mol. The minimum Gasteiger partial charge on any atom is -0.264 e. The molecule has 0 saturated carbocycles. The summed E-state index contributed by atoms with van der Waals surface area (Å²) in [5.41, 5.74) is 3.42. The molecule has 0 amide bonds. The molecule has 0 unspecified atom stereocenters. The van der Waals surface area contributed by atoms with Gasteiger partial charge in [-0.1, -0.05) is 20.8 Å². The van der Waals surface area contributed by atoms with E-state index in [0.29, 0.717) is 5.41 Å². The van der Waals surface area contributed by atoms with E-state index in [0.717, 1.165) is 5.92 Å². The van der Waals surface area contributed by atoms with Gasteiger partial charge in [0.2, 0.25) is 0 Å². The number of rotatable bonds is 0. The van der Waals surface area contributed by atoms with Crippen molar-refractivity contribution in [1.82, 2.24) is 4.98 Å². The van der Waals surface area contributed by atoms with E-state index in [1.165, 1.54) is 30.4 Å². The maximum Gasteiger partial charge on any atom is 0.0302 e. The number of hydrogen-bond donors (Lipinski definition) is 0. The summed E-state index contributed by atoms with van der Waals surface area (Å²) >= 11 is 0. The van der Waals surface area contributed by atoms with E-state index in [-0.39, 0.29) is 0 Å². The molecule has 76 valence electrons. The lowest BCUT2D eigenvalue weighted by Gasteiger charge is -2.34. The summed E-state index contributed by atoms with van der Waals surface area (Å²) in [7, 11) is 0. The Morgan fingerprint density at radius 1 is 1.29 bits per heavy atom. The fourth-order valence-corrected chi connectivity index (χ4v) is 2.32. The Bertz CT molecular complexity index is 322. The predicted molar refractivity (Wildman–Crippen MR) is 59.2 cm³/mol. The Labute approximate surface area is 86.6 Å². The average molecular weight is 189 g/mol. The van der Waals surface area contributed by atoms with Gasteiger partial charge in [-0.25, -0.2) is 0 Å². The molecule has 1 aromatic rings. The second kappa shape index (κ2) is 3.38. The Morgan fingerprint density at radius 3 is 2.79 bits per heavy atom. The zero-order valence-electron chi connectivity index (χ0n) is 9.38. The molecule has 0 saturated heterocycles. The highest BCUT2D eigenvalue weighted by Crippen LogP contribution is 2.36. The van der Waals surface area contributed by atoms with Crippen molar-refractivity contribution in [2.45, 2.75) is 40.0 Å². The van der Waals surface area contributed by atoms with E-state index >= 15 is 0 Å². The lowest BCUT2D eigenvalue weighted by Crippen LogP contribution is -2.26. The van der Waals surface area contributed by atoms with Crippen molar-refractivity contribution in [1.29, 1.82) is 0 Å². The van der Waals surface area contributed by atoms with Crippen molar-refractivity contribution in [3.8, 4) is 0 Å². The zero-order chi connectivity index (χ0) is 10.2. The van der Waals surface area contributed by atoms with Crippen LogP contribution < -0.4 is 0 Å². The first-order chi connectivity index (χ1) is 6.57. The normalized spacial score (nSPS) is 21.8. The lowest BCUT2D eigenvalue weighted by molar-refractivity contribution is 0.216. The molecule has 2 rings (SSSR count). The third-order valence-electron chi connectivity index (χ3n) is 3.46. The van der Waals surface area contributed by atoms with Gasteiger partial charge >= 0.3 is 0 Å². The second-order valence-electron chi connectivity index (χ2n) is 5.45. The van der Waals surface area contributed by atoms with Crippen molar-refractivity contribution in [3.63, 3.8) is 0 Å². The van der Waals surface area contributed by atoms with Gasteiger partial charge in [-0.2, -0.15) is 0 Å². The molecule has 1 atom stereocenters. The van der Waals surface area contributed by atoms with Crippen molar-refractivity contribution < 1.29 is 0 Å². The first-order valence-corrected chi connectivity index (χ1v) is 5.49. The molecule has 0 fully saturated rings. The fraction of sp³-hybridized carbons (Fsp3) is 0.615. The Kier molecular flexibility index (Phi) is 2.34. The average Bonchev–Trinajstić information content (AvgIpc) is 2.16. The van der Waals surface area contributed by atoms with Gasteiger partial charge < -0.3 is 0 Å². The minimum absolute atomic E-state index is 0.438. The van der Waals surface area contributed by atoms with Gasteiger partial charge in [0.05, 0.1) is 0 Å². The summed E-state index contributed by atoms with van der Waals surface area (Å²) in [6.07, 6.45) is 7.75. The van der Waals surface area contributed by atoms with Crippen LogP contribution in [0.2, 0.25) is 0 Å². The van der Waals surface area contributed by atoms with E-state index in [2.05, 4.69) is 31.8 Å². The van der Waals surface area contributed by atoms with Crippen LogP contribution in [0.1, 0.15) is 38.3 Å². The van der Waals surface area contributed by atoms with Gasteiger partial charge in [-0.15, -0.1) is 0 Å². The van der Waals surface area contributed by atoms with E-state index in [1.54, 1.807) is 0 Å². The smallest absolute Gasteiger partial charge is 0.0302 e. The highest BCUT2D eigenvalue weighted by atomic mass is 14.6. The third kappa shape index (κ3) is 1.82. The zero-order valence-corrected chi connectivity index (χ0v) is 9.38. The predicted octanol–water partition coefficient (Wildman–Crippen LogP) is 3.23. The molecule has 0 bridgehead atoms. The maximum absolute atomic E-state index is 4.21. The summed E-state index contributed by atoms with van der Waals surface area (Å²) in [6.45, 7) is 7.04. The summed E-state index contributed by atoms with van der Waals surface area (Å²) in [5, 5.41) is 0. The molecule has 1 aromatic heterocycles. The molecule has 14 heavy (non-hydrogen) atoms. The largest absolute Gasteiger partial charge is 0.264 e. The molecule has 1 aliphatic rings. The molecule has 1 aliphatic carbocycles. The van der Waals surface area contributed by atoms with Gasteiger partial charge in [-0.3, -0.25) is 4.98 Å². The van der Waals surface area contributed by atoms with Crippen LogP contribution in [-0.4, -0.2) is 4.98 Å². The molecule has 1 heterocycles. The number of aromatic nitrogens is 1. The third-order valence-corrected chi connectivity index (χ3v) is 3.46. The van der Waals surface area contributed by atoms with Crippen molar-refractivity contribution in [2.24, 2.45) is 11.3 Å². The number of aryl methyl sites for hydroxylation is 1. The molecule has 1 nitrogen and oxygen atoms in total. The van der Waals surface area contributed by atoms with Gasteiger partial charge in [0.1, 0.15) is 0 Å². The van der Waals surface area contributed by atoms with Crippen molar-refractivity contribution >= 4 is 0 Å². The van der Waals surface area contributed by atoms with Crippen LogP contribution in [0.25, 0.3) is 0 Å². The molecule has 0 spiro atoms. The topological polar surface area (TPSA) is 12.9 Å². The van der Waals surface area contributed by atoms with Crippen LogP contribution in [-0.2, 0) is 12.8 Å². The first-order valence-electron chi connectivity index (χ1n) is 5.49. The number of fused-ring (bicyclic) bond motifs is 1. The first kappa shape index (κ1) is 9.70. The van der Waals surface area contributed by atoms with Gasteiger partial charge in [-0.05, 0) is 47.8 Å². The minimum atomic E-state index is 0.438. The van der Waals surface area contributed by atoms with Crippen LogP contribution in [0.15, 0.2) is 18.5 Å². The molecule has 0 N–H and O–H groups in total. The Balaban J connectivity index is 2.22. The van der Waals surface area contributed by atoms with Crippen molar-refractivity contribution in [2.75, 3.05) is 0 Å². The summed E-state index contributed by atoms with van der Waals surface area (Å²) in [6, 6.07) is 2.17. The van der Waals surface area contributed by atoms with Crippen LogP contribution in [0, 0.1) is 11.3 Å².